The third-order valence-corrected chi connectivity index (χ3v) is 5.74. The first-order valence-electron chi connectivity index (χ1n) is 10.6. The highest BCUT2D eigenvalue weighted by molar-refractivity contribution is 5.79. The first kappa shape index (κ1) is 20.1. The SMILES string of the molecule is CCc1ccc(-c2ccc(N3CCN(C(=O)Cc4ccc(C)cc4)CC3)nn2)cc1. The van der Waals surface area contributed by atoms with Gasteiger partial charge in [0.2, 0.25) is 5.91 Å². The molecule has 0 bridgehead atoms. The molecule has 2 aromatic carbocycles. The average molecular weight is 401 g/mol. The lowest BCUT2D eigenvalue weighted by Crippen LogP contribution is -2.49. The van der Waals surface area contributed by atoms with Gasteiger partial charge in [-0.05, 0) is 36.6 Å². The van der Waals surface area contributed by atoms with E-state index < -0.39 is 0 Å². The Bertz CT molecular complexity index is 973. The molecule has 0 atom stereocenters. The van der Waals surface area contributed by atoms with Crippen molar-refractivity contribution in [1.29, 1.82) is 0 Å². The van der Waals surface area contributed by atoms with Gasteiger partial charge in [-0.25, -0.2) is 0 Å². The topological polar surface area (TPSA) is 49.3 Å². The zero-order valence-corrected chi connectivity index (χ0v) is 17.7. The summed E-state index contributed by atoms with van der Waals surface area (Å²) in [7, 11) is 0. The molecule has 1 saturated heterocycles. The standard InChI is InChI=1S/C25H28N4O/c1-3-20-8-10-22(11-9-20)23-12-13-24(27-26-23)28-14-16-29(17-15-28)25(30)18-21-6-4-19(2)5-7-21/h4-13H,3,14-18H2,1-2H3. The number of benzene rings is 2. The summed E-state index contributed by atoms with van der Waals surface area (Å²) in [6.45, 7) is 7.19. The van der Waals surface area contributed by atoms with Crippen molar-refractivity contribution in [2.45, 2.75) is 26.7 Å². The normalized spacial score (nSPS) is 14.1. The van der Waals surface area contributed by atoms with Gasteiger partial charge in [0.05, 0.1) is 12.1 Å². The fourth-order valence-corrected chi connectivity index (χ4v) is 3.74. The number of hydrogen-bond acceptors (Lipinski definition) is 4. The molecular formula is C25H28N4O. The highest BCUT2D eigenvalue weighted by atomic mass is 16.2. The van der Waals surface area contributed by atoms with Gasteiger partial charge in [0.15, 0.2) is 5.82 Å². The number of carbonyl (C=O) groups excluding carboxylic acids is 1. The lowest BCUT2D eigenvalue weighted by molar-refractivity contribution is -0.130. The quantitative estimate of drug-likeness (QED) is 0.652. The largest absolute Gasteiger partial charge is 0.352 e. The average Bonchev–Trinajstić information content (AvgIpc) is 2.81. The van der Waals surface area contributed by atoms with Gasteiger partial charge in [0.1, 0.15) is 0 Å². The zero-order chi connectivity index (χ0) is 20.9. The van der Waals surface area contributed by atoms with E-state index in [0.29, 0.717) is 19.5 Å². The van der Waals surface area contributed by atoms with Gasteiger partial charge < -0.3 is 9.80 Å². The van der Waals surface area contributed by atoms with E-state index in [4.69, 9.17) is 0 Å². The van der Waals surface area contributed by atoms with Crippen LogP contribution in [0.25, 0.3) is 11.3 Å². The van der Waals surface area contributed by atoms with Gasteiger partial charge in [-0.2, -0.15) is 0 Å². The number of nitrogens with zero attached hydrogens (tertiary/aromatic N) is 4. The van der Waals surface area contributed by atoms with Crippen LogP contribution in [-0.2, 0) is 17.6 Å². The van der Waals surface area contributed by atoms with Crippen LogP contribution in [-0.4, -0.2) is 47.2 Å². The fraction of sp³-hybridized carbons (Fsp3) is 0.320. The highest BCUT2D eigenvalue weighted by Crippen LogP contribution is 2.20. The molecule has 1 amide bonds. The number of carbonyl (C=O) groups is 1. The molecule has 4 rings (SSSR count). The molecule has 1 aliphatic rings. The lowest BCUT2D eigenvalue weighted by Gasteiger charge is -2.35. The van der Waals surface area contributed by atoms with Crippen molar-refractivity contribution < 1.29 is 4.79 Å². The van der Waals surface area contributed by atoms with Crippen LogP contribution in [0.1, 0.15) is 23.6 Å². The van der Waals surface area contributed by atoms with Crippen molar-refractivity contribution in [2.24, 2.45) is 0 Å². The Morgan fingerprint density at radius 2 is 1.50 bits per heavy atom. The maximum absolute atomic E-state index is 12.6. The molecule has 1 fully saturated rings. The van der Waals surface area contributed by atoms with E-state index >= 15 is 0 Å². The van der Waals surface area contributed by atoms with Crippen molar-refractivity contribution >= 4 is 11.7 Å². The van der Waals surface area contributed by atoms with Crippen LogP contribution in [0.3, 0.4) is 0 Å². The molecule has 30 heavy (non-hydrogen) atoms. The van der Waals surface area contributed by atoms with E-state index in [1.165, 1.54) is 11.1 Å². The molecule has 0 spiro atoms. The van der Waals surface area contributed by atoms with Crippen LogP contribution >= 0.6 is 0 Å². The third kappa shape index (κ3) is 4.67. The Hall–Kier alpha value is -3.21. The highest BCUT2D eigenvalue weighted by Gasteiger charge is 2.22. The molecule has 1 aliphatic heterocycles. The summed E-state index contributed by atoms with van der Waals surface area (Å²) in [6.07, 6.45) is 1.50. The van der Waals surface area contributed by atoms with Crippen LogP contribution in [0.2, 0.25) is 0 Å². The molecule has 1 aromatic heterocycles. The number of rotatable bonds is 5. The first-order valence-corrected chi connectivity index (χ1v) is 10.6. The van der Waals surface area contributed by atoms with Gasteiger partial charge in [0.25, 0.3) is 0 Å². The number of hydrogen-bond donors (Lipinski definition) is 0. The predicted molar refractivity (Wildman–Crippen MR) is 121 cm³/mol. The molecular weight excluding hydrogens is 372 g/mol. The predicted octanol–water partition coefficient (Wildman–Crippen LogP) is 3.91. The summed E-state index contributed by atoms with van der Waals surface area (Å²) in [4.78, 5) is 16.8. The molecule has 0 radical (unpaired) electrons. The minimum absolute atomic E-state index is 0.190. The Kier molecular flexibility index (Phi) is 6.07. The fourth-order valence-electron chi connectivity index (χ4n) is 3.74. The summed E-state index contributed by atoms with van der Waals surface area (Å²) in [5.74, 6) is 1.06. The third-order valence-electron chi connectivity index (χ3n) is 5.74. The smallest absolute Gasteiger partial charge is 0.227 e. The van der Waals surface area contributed by atoms with Gasteiger partial charge >= 0.3 is 0 Å². The van der Waals surface area contributed by atoms with Crippen LogP contribution in [0.5, 0.6) is 0 Å². The molecule has 154 valence electrons. The van der Waals surface area contributed by atoms with Crippen molar-refractivity contribution in [3.05, 3.63) is 77.4 Å². The van der Waals surface area contributed by atoms with Gasteiger partial charge in [0, 0.05) is 31.7 Å². The Balaban J connectivity index is 1.33. The molecule has 2 heterocycles. The second-order valence-corrected chi connectivity index (χ2v) is 7.86. The van der Waals surface area contributed by atoms with E-state index in [1.54, 1.807) is 0 Å². The molecule has 5 nitrogen and oxygen atoms in total. The summed E-state index contributed by atoms with van der Waals surface area (Å²) in [5, 5.41) is 8.86. The molecule has 5 heteroatoms. The lowest BCUT2D eigenvalue weighted by atomic mass is 10.1. The first-order chi connectivity index (χ1) is 14.6. The summed E-state index contributed by atoms with van der Waals surface area (Å²) < 4.78 is 0. The van der Waals surface area contributed by atoms with E-state index in [-0.39, 0.29) is 5.91 Å². The second-order valence-electron chi connectivity index (χ2n) is 7.86. The number of aryl methyl sites for hydroxylation is 2. The van der Waals surface area contributed by atoms with Crippen LogP contribution < -0.4 is 4.90 Å². The maximum Gasteiger partial charge on any atom is 0.227 e. The van der Waals surface area contributed by atoms with Crippen molar-refractivity contribution in [3.63, 3.8) is 0 Å². The van der Waals surface area contributed by atoms with Gasteiger partial charge in [-0.1, -0.05) is 61.0 Å². The maximum atomic E-state index is 12.6. The summed E-state index contributed by atoms with van der Waals surface area (Å²) in [6, 6.07) is 20.7. The van der Waals surface area contributed by atoms with E-state index in [9.17, 15) is 4.79 Å². The van der Waals surface area contributed by atoms with E-state index in [1.807, 2.05) is 29.2 Å². The molecule has 0 saturated carbocycles. The number of anilines is 1. The number of aromatic nitrogens is 2. The molecule has 0 unspecified atom stereocenters. The van der Waals surface area contributed by atoms with Crippen molar-refractivity contribution in [3.8, 4) is 11.3 Å². The van der Waals surface area contributed by atoms with Gasteiger partial charge in [-0.3, -0.25) is 4.79 Å². The summed E-state index contributed by atoms with van der Waals surface area (Å²) >= 11 is 0. The van der Waals surface area contributed by atoms with Crippen LogP contribution in [0.4, 0.5) is 5.82 Å². The Morgan fingerprint density at radius 3 is 2.10 bits per heavy atom. The second kappa shape index (κ2) is 9.08. The Morgan fingerprint density at radius 1 is 0.833 bits per heavy atom. The zero-order valence-electron chi connectivity index (χ0n) is 17.7. The van der Waals surface area contributed by atoms with Gasteiger partial charge in [-0.15, -0.1) is 10.2 Å². The minimum atomic E-state index is 0.190. The number of piperazine rings is 1. The van der Waals surface area contributed by atoms with E-state index in [2.05, 4.69) is 65.3 Å². The summed E-state index contributed by atoms with van der Waals surface area (Å²) in [5.41, 5.74) is 5.57. The molecule has 0 aliphatic carbocycles. The molecule has 0 N–H and O–H groups in total. The Labute approximate surface area is 178 Å². The van der Waals surface area contributed by atoms with Crippen LogP contribution in [0, 0.1) is 6.92 Å². The number of amides is 1. The molecule has 3 aromatic rings. The van der Waals surface area contributed by atoms with Crippen LogP contribution in [0.15, 0.2) is 60.7 Å². The van der Waals surface area contributed by atoms with E-state index in [0.717, 1.165) is 42.1 Å². The van der Waals surface area contributed by atoms with Crippen molar-refractivity contribution in [1.82, 2.24) is 15.1 Å². The monoisotopic (exact) mass is 400 g/mol. The van der Waals surface area contributed by atoms with Crippen molar-refractivity contribution in [2.75, 3.05) is 31.1 Å². The minimum Gasteiger partial charge on any atom is -0.352 e.